The summed E-state index contributed by atoms with van der Waals surface area (Å²) in [5.74, 6) is 0.547. The van der Waals surface area contributed by atoms with E-state index in [0.29, 0.717) is 0 Å². The summed E-state index contributed by atoms with van der Waals surface area (Å²) >= 11 is 0. The highest BCUT2D eigenvalue weighted by molar-refractivity contribution is 5.90. The fourth-order valence-electron chi connectivity index (χ4n) is 1.71. The molecule has 1 atom stereocenters. The number of rotatable bonds is 2. The van der Waals surface area contributed by atoms with Gasteiger partial charge in [0.2, 0.25) is 0 Å². The molecule has 86 valence electrons. The average molecular weight is 223 g/mol. The maximum absolute atomic E-state index is 11.1. The van der Waals surface area contributed by atoms with Gasteiger partial charge in [0.1, 0.15) is 11.5 Å². The Bertz CT molecular complexity index is 407. The van der Waals surface area contributed by atoms with E-state index in [0.717, 1.165) is 11.5 Å². The van der Waals surface area contributed by atoms with Gasteiger partial charge in [0.15, 0.2) is 0 Å². The fourth-order valence-corrected chi connectivity index (χ4v) is 1.71. The molecule has 0 amide bonds. The van der Waals surface area contributed by atoms with E-state index in [-0.39, 0.29) is 19.1 Å². The lowest BCUT2D eigenvalue weighted by atomic mass is 10.2. The van der Waals surface area contributed by atoms with Gasteiger partial charge in [-0.15, -0.1) is 0 Å². The van der Waals surface area contributed by atoms with Gasteiger partial charge in [-0.2, -0.15) is 0 Å². The third-order valence-electron chi connectivity index (χ3n) is 2.61. The van der Waals surface area contributed by atoms with E-state index in [9.17, 15) is 9.59 Å². The van der Waals surface area contributed by atoms with Crippen molar-refractivity contribution in [1.29, 1.82) is 0 Å². The molecule has 1 aliphatic heterocycles. The van der Waals surface area contributed by atoms with Crippen LogP contribution < -0.4 is 0 Å². The molecular weight excluding hydrogens is 210 g/mol. The first-order valence-corrected chi connectivity index (χ1v) is 5.10. The zero-order valence-electron chi connectivity index (χ0n) is 9.23. The van der Waals surface area contributed by atoms with Gasteiger partial charge < -0.3 is 9.15 Å². The summed E-state index contributed by atoms with van der Waals surface area (Å²) in [6.45, 7) is 3.98. The topological polar surface area (TPSA) is 59.8 Å². The first kappa shape index (κ1) is 10.9. The molecule has 0 N–H and O–H groups in total. The number of esters is 2. The Hall–Kier alpha value is -1.62. The molecule has 2 heterocycles. The van der Waals surface area contributed by atoms with E-state index < -0.39 is 11.9 Å². The van der Waals surface area contributed by atoms with Gasteiger partial charge in [-0.1, -0.05) is 0 Å². The monoisotopic (exact) mass is 223 g/mol. The highest BCUT2D eigenvalue weighted by atomic mass is 16.6. The molecule has 16 heavy (non-hydrogen) atoms. The summed E-state index contributed by atoms with van der Waals surface area (Å²) in [6.07, 6.45) is 0. The van der Waals surface area contributed by atoms with Gasteiger partial charge in [-0.25, -0.2) is 0 Å². The van der Waals surface area contributed by atoms with Crippen molar-refractivity contribution in [3.63, 3.8) is 0 Å². The van der Waals surface area contributed by atoms with Gasteiger partial charge in [-0.3, -0.25) is 14.5 Å². The van der Waals surface area contributed by atoms with E-state index in [1.54, 1.807) is 4.90 Å². The van der Waals surface area contributed by atoms with Gasteiger partial charge in [0, 0.05) is 0 Å². The van der Waals surface area contributed by atoms with Crippen LogP contribution in [0.4, 0.5) is 0 Å². The summed E-state index contributed by atoms with van der Waals surface area (Å²) in [4.78, 5) is 23.9. The van der Waals surface area contributed by atoms with Crippen molar-refractivity contribution in [2.45, 2.75) is 19.9 Å². The van der Waals surface area contributed by atoms with Crippen molar-refractivity contribution in [1.82, 2.24) is 4.90 Å². The highest BCUT2D eigenvalue weighted by Crippen LogP contribution is 2.23. The zero-order chi connectivity index (χ0) is 11.7. The van der Waals surface area contributed by atoms with Crippen molar-refractivity contribution < 1.29 is 18.7 Å². The molecular formula is C11H13NO4. The minimum Gasteiger partial charge on any atom is -0.465 e. The number of morpholine rings is 1. The molecule has 0 saturated carbocycles. The third-order valence-corrected chi connectivity index (χ3v) is 2.61. The molecule has 5 heteroatoms. The number of carbonyl (C=O) groups excluding carboxylic acids is 2. The Labute approximate surface area is 93.0 Å². The summed E-state index contributed by atoms with van der Waals surface area (Å²) in [6, 6.07) is 3.60. The normalized spacial score (nSPS) is 19.6. The van der Waals surface area contributed by atoms with Crippen molar-refractivity contribution >= 4 is 11.9 Å². The Morgan fingerprint density at radius 1 is 1.25 bits per heavy atom. The zero-order valence-corrected chi connectivity index (χ0v) is 9.23. The van der Waals surface area contributed by atoms with Gasteiger partial charge in [-0.05, 0) is 26.0 Å². The molecule has 2 rings (SSSR count). The standard InChI is InChI=1S/C11H13NO4/c1-7-3-4-9(15-7)8(2)12-5-10(13)16-11(14)6-12/h3-4,8H,5-6H2,1-2H3. The van der Waals surface area contributed by atoms with E-state index in [1.165, 1.54) is 0 Å². The summed E-state index contributed by atoms with van der Waals surface area (Å²) in [7, 11) is 0. The van der Waals surface area contributed by atoms with Crippen LogP contribution in [0.15, 0.2) is 16.5 Å². The van der Waals surface area contributed by atoms with E-state index in [2.05, 4.69) is 4.74 Å². The summed E-state index contributed by atoms with van der Waals surface area (Å²) in [5.41, 5.74) is 0. The lowest BCUT2D eigenvalue weighted by molar-refractivity contribution is -0.168. The van der Waals surface area contributed by atoms with Gasteiger partial charge in [0.05, 0.1) is 19.1 Å². The molecule has 1 saturated heterocycles. The van der Waals surface area contributed by atoms with Crippen LogP contribution in [0.1, 0.15) is 24.5 Å². The van der Waals surface area contributed by atoms with Gasteiger partial charge >= 0.3 is 11.9 Å². The van der Waals surface area contributed by atoms with E-state index >= 15 is 0 Å². The Morgan fingerprint density at radius 2 is 1.88 bits per heavy atom. The molecule has 0 aliphatic carbocycles. The minimum absolute atomic E-state index is 0.106. The number of furan rings is 1. The highest BCUT2D eigenvalue weighted by Gasteiger charge is 2.29. The average Bonchev–Trinajstić information content (AvgIpc) is 2.62. The number of ether oxygens (including phenoxy) is 1. The second kappa shape index (κ2) is 4.09. The van der Waals surface area contributed by atoms with E-state index in [1.807, 2.05) is 26.0 Å². The molecule has 1 fully saturated rings. The smallest absolute Gasteiger partial charge is 0.327 e. The molecule has 1 aliphatic rings. The van der Waals surface area contributed by atoms with Crippen LogP contribution in [0.5, 0.6) is 0 Å². The van der Waals surface area contributed by atoms with Crippen molar-refractivity contribution in [2.75, 3.05) is 13.1 Å². The Balaban J connectivity index is 2.12. The lowest BCUT2D eigenvalue weighted by Gasteiger charge is -2.28. The van der Waals surface area contributed by atoms with Crippen LogP contribution in [0, 0.1) is 6.92 Å². The maximum atomic E-state index is 11.1. The molecule has 0 bridgehead atoms. The maximum Gasteiger partial charge on any atom is 0.327 e. The van der Waals surface area contributed by atoms with Crippen LogP contribution >= 0.6 is 0 Å². The van der Waals surface area contributed by atoms with Crippen molar-refractivity contribution in [3.8, 4) is 0 Å². The predicted octanol–water partition coefficient (Wildman–Crippen LogP) is 1.03. The largest absolute Gasteiger partial charge is 0.465 e. The quantitative estimate of drug-likeness (QED) is 0.553. The number of hydrogen-bond acceptors (Lipinski definition) is 5. The number of cyclic esters (lactones) is 2. The van der Waals surface area contributed by atoms with Crippen LogP contribution in [0.3, 0.4) is 0 Å². The Morgan fingerprint density at radius 3 is 2.38 bits per heavy atom. The SMILES string of the molecule is Cc1ccc(C(C)N2CC(=O)OC(=O)C2)o1. The molecule has 0 radical (unpaired) electrons. The number of carbonyl (C=O) groups is 2. The first-order chi connectivity index (χ1) is 7.56. The fraction of sp³-hybridized carbons (Fsp3) is 0.455. The summed E-state index contributed by atoms with van der Waals surface area (Å²) in [5, 5.41) is 0. The molecule has 0 spiro atoms. The molecule has 1 unspecified atom stereocenters. The number of aryl methyl sites for hydroxylation is 1. The Kier molecular flexibility index (Phi) is 2.78. The first-order valence-electron chi connectivity index (χ1n) is 5.10. The predicted molar refractivity (Wildman–Crippen MR) is 54.5 cm³/mol. The second-order valence-electron chi connectivity index (χ2n) is 3.88. The molecule has 1 aromatic rings. The van der Waals surface area contributed by atoms with Crippen LogP contribution in [0.25, 0.3) is 0 Å². The minimum atomic E-state index is -0.508. The number of hydrogen-bond donors (Lipinski definition) is 0. The number of nitrogens with zero attached hydrogens (tertiary/aromatic N) is 1. The summed E-state index contributed by atoms with van der Waals surface area (Å²) < 4.78 is 9.92. The van der Waals surface area contributed by atoms with Crippen LogP contribution in [-0.4, -0.2) is 29.9 Å². The lowest BCUT2D eigenvalue weighted by Crippen LogP contribution is -2.43. The van der Waals surface area contributed by atoms with Crippen molar-refractivity contribution in [2.24, 2.45) is 0 Å². The molecule has 1 aromatic heterocycles. The molecule has 5 nitrogen and oxygen atoms in total. The molecule has 0 aromatic carbocycles. The van der Waals surface area contributed by atoms with Gasteiger partial charge in [0.25, 0.3) is 0 Å². The second-order valence-corrected chi connectivity index (χ2v) is 3.88. The third kappa shape index (κ3) is 2.14. The van der Waals surface area contributed by atoms with Crippen LogP contribution in [-0.2, 0) is 14.3 Å². The van der Waals surface area contributed by atoms with E-state index in [4.69, 9.17) is 4.42 Å². The van der Waals surface area contributed by atoms with Crippen LogP contribution in [0.2, 0.25) is 0 Å². The van der Waals surface area contributed by atoms with Crippen molar-refractivity contribution in [3.05, 3.63) is 23.7 Å².